The Balaban J connectivity index is 2.92. The van der Waals surface area contributed by atoms with Gasteiger partial charge in [0.2, 0.25) is 0 Å². The number of methoxy groups -OCH3 is 1. The molecule has 1 aromatic carbocycles. The summed E-state index contributed by atoms with van der Waals surface area (Å²) in [4.78, 5) is 11.3. The number of ether oxygens (including phenoxy) is 1. The number of halogens is 2. The van der Waals surface area contributed by atoms with Gasteiger partial charge in [0.1, 0.15) is 11.6 Å². The van der Waals surface area contributed by atoms with Gasteiger partial charge in [0.25, 0.3) is 0 Å². The van der Waals surface area contributed by atoms with Crippen LogP contribution in [0.1, 0.15) is 13.8 Å². The highest BCUT2D eigenvalue weighted by Gasteiger charge is 2.32. The predicted molar refractivity (Wildman–Crippen MR) is 63.4 cm³/mol. The summed E-state index contributed by atoms with van der Waals surface area (Å²) in [5.74, 6) is -2.24. The molecular weight excluding hydrogens is 262 g/mol. The van der Waals surface area contributed by atoms with Crippen LogP contribution in [0, 0.1) is 17.0 Å². The number of esters is 1. The van der Waals surface area contributed by atoms with Crippen molar-refractivity contribution in [3.05, 3.63) is 29.8 Å². The molecule has 0 fully saturated rings. The molecule has 0 aliphatic carbocycles. The summed E-state index contributed by atoms with van der Waals surface area (Å²) in [6.45, 7) is 3.11. The fourth-order valence-corrected chi connectivity index (χ4v) is 2.83. The third-order valence-corrected chi connectivity index (χ3v) is 4.17. The molecule has 6 heteroatoms. The van der Waals surface area contributed by atoms with E-state index in [1.165, 1.54) is 7.11 Å². The van der Waals surface area contributed by atoms with Crippen LogP contribution in [0.25, 0.3) is 0 Å². The molecule has 0 spiro atoms. The zero-order valence-electron chi connectivity index (χ0n) is 10.3. The highest BCUT2D eigenvalue weighted by molar-refractivity contribution is 7.85. The van der Waals surface area contributed by atoms with Crippen LogP contribution in [-0.4, -0.2) is 23.0 Å². The second-order valence-electron chi connectivity index (χ2n) is 4.44. The molecule has 0 N–H and O–H groups in total. The Morgan fingerprint density at radius 1 is 1.39 bits per heavy atom. The predicted octanol–water partition coefficient (Wildman–Crippen LogP) is 2.27. The fourth-order valence-electron chi connectivity index (χ4n) is 1.40. The van der Waals surface area contributed by atoms with Gasteiger partial charge in [0.05, 0.1) is 28.2 Å². The number of carbonyl (C=O) groups is 1. The van der Waals surface area contributed by atoms with Crippen molar-refractivity contribution in [2.75, 3.05) is 12.9 Å². The molecule has 0 heterocycles. The lowest BCUT2D eigenvalue weighted by Gasteiger charge is -2.20. The Kier molecular flexibility index (Phi) is 4.56. The van der Waals surface area contributed by atoms with Crippen LogP contribution < -0.4 is 0 Å². The first-order chi connectivity index (χ1) is 8.27. The van der Waals surface area contributed by atoms with Gasteiger partial charge in [-0.25, -0.2) is 8.78 Å². The van der Waals surface area contributed by atoms with E-state index < -0.39 is 33.8 Å². The molecule has 18 heavy (non-hydrogen) atoms. The molecule has 1 aromatic rings. The van der Waals surface area contributed by atoms with E-state index in [9.17, 15) is 17.8 Å². The quantitative estimate of drug-likeness (QED) is 0.792. The molecule has 100 valence electrons. The maximum atomic E-state index is 13.4. The standard InChI is InChI=1S/C12H14F2O3S/c1-12(2,11(15)17-3)7-18(16)10-5-4-8(13)6-9(10)14/h4-6H,7H2,1-3H3. The molecule has 0 radical (unpaired) electrons. The summed E-state index contributed by atoms with van der Waals surface area (Å²) in [7, 11) is -0.510. The highest BCUT2D eigenvalue weighted by Crippen LogP contribution is 2.23. The lowest BCUT2D eigenvalue weighted by molar-refractivity contribution is -0.149. The number of rotatable bonds is 4. The van der Waals surface area contributed by atoms with Gasteiger partial charge >= 0.3 is 5.97 Å². The first kappa shape index (κ1) is 14.8. The number of carbonyl (C=O) groups excluding carboxylic acids is 1. The van der Waals surface area contributed by atoms with Gasteiger partial charge in [0, 0.05) is 11.8 Å². The molecule has 1 atom stereocenters. The van der Waals surface area contributed by atoms with E-state index >= 15 is 0 Å². The van der Waals surface area contributed by atoms with Crippen molar-refractivity contribution in [3.63, 3.8) is 0 Å². The van der Waals surface area contributed by atoms with Crippen molar-refractivity contribution in [1.29, 1.82) is 0 Å². The largest absolute Gasteiger partial charge is 0.469 e. The minimum Gasteiger partial charge on any atom is -0.469 e. The summed E-state index contributed by atoms with van der Waals surface area (Å²) in [6.07, 6.45) is 0. The van der Waals surface area contributed by atoms with Crippen molar-refractivity contribution in [2.45, 2.75) is 18.7 Å². The monoisotopic (exact) mass is 276 g/mol. The van der Waals surface area contributed by atoms with Crippen LogP contribution in [-0.2, 0) is 20.3 Å². The molecule has 1 rings (SSSR count). The first-order valence-corrected chi connectivity index (χ1v) is 6.51. The number of hydrogen-bond donors (Lipinski definition) is 0. The Morgan fingerprint density at radius 2 is 2.00 bits per heavy atom. The van der Waals surface area contributed by atoms with E-state index in [1.807, 2.05) is 0 Å². The second-order valence-corrected chi connectivity index (χ2v) is 5.86. The lowest BCUT2D eigenvalue weighted by Crippen LogP contribution is -2.31. The van der Waals surface area contributed by atoms with Gasteiger partial charge in [-0.1, -0.05) is 0 Å². The van der Waals surface area contributed by atoms with E-state index in [2.05, 4.69) is 4.74 Å². The molecule has 0 saturated carbocycles. The minimum atomic E-state index is -1.74. The Labute approximate surface area is 107 Å². The summed E-state index contributed by atoms with van der Waals surface area (Å²) in [6, 6.07) is 2.81. The van der Waals surface area contributed by atoms with Gasteiger partial charge < -0.3 is 4.74 Å². The molecule has 0 bridgehead atoms. The van der Waals surface area contributed by atoms with E-state index in [0.717, 1.165) is 12.1 Å². The molecule has 0 aliphatic heterocycles. The van der Waals surface area contributed by atoms with E-state index in [0.29, 0.717) is 6.07 Å². The average molecular weight is 276 g/mol. The summed E-state index contributed by atoms with van der Waals surface area (Å²) >= 11 is 0. The molecule has 0 saturated heterocycles. The van der Waals surface area contributed by atoms with Crippen LogP contribution >= 0.6 is 0 Å². The van der Waals surface area contributed by atoms with Crippen LogP contribution in [0.3, 0.4) is 0 Å². The Bertz CT molecular complexity index is 486. The fraction of sp³-hybridized carbons (Fsp3) is 0.417. The maximum Gasteiger partial charge on any atom is 0.312 e. The van der Waals surface area contributed by atoms with Crippen LogP contribution in [0.2, 0.25) is 0 Å². The Hall–Kier alpha value is -1.30. The molecular formula is C12H14F2O3S. The van der Waals surface area contributed by atoms with Crippen molar-refractivity contribution in [2.24, 2.45) is 5.41 Å². The van der Waals surface area contributed by atoms with Crippen molar-refractivity contribution >= 4 is 16.8 Å². The zero-order valence-corrected chi connectivity index (χ0v) is 11.1. The van der Waals surface area contributed by atoms with Gasteiger partial charge in [0.15, 0.2) is 0 Å². The zero-order chi connectivity index (χ0) is 13.9. The topological polar surface area (TPSA) is 43.4 Å². The maximum absolute atomic E-state index is 13.4. The van der Waals surface area contributed by atoms with E-state index in [1.54, 1.807) is 13.8 Å². The highest BCUT2D eigenvalue weighted by atomic mass is 32.2. The summed E-state index contributed by atoms with van der Waals surface area (Å²) in [5, 5.41) is 0. The lowest BCUT2D eigenvalue weighted by atomic mass is 9.97. The molecule has 3 nitrogen and oxygen atoms in total. The van der Waals surface area contributed by atoms with E-state index in [-0.39, 0.29) is 10.6 Å². The third-order valence-electron chi connectivity index (χ3n) is 2.37. The van der Waals surface area contributed by atoms with Gasteiger partial charge in [-0.05, 0) is 26.0 Å². The van der Waals surface area contributed by atoms with Crippen LogP contribution in [0.4, 0.5) is 8.78 Å². The Morgan fingerprint density at radius 3 is 2.50 bits per heavy atom. The minimum absolute atomic E-state index is 0.0950. The smallest absolute Gasteiger partial charge is 0.312 e. The van der Waals surface area contributed by atoms with Crippen LogP contribution in [0.5, 0.6) is 0 Å². The number of benzene rings is 1. The van der Waals surface area contributed by atoms with Crippen molar-refractivity contribution in [3.8, 4) is 0 Å². The summed E-state index contributed by atoms with van der Waals surface area (Å²) in [5.41, 5.74) is -1.000. The molecule has 0 amide bonds. The van der Waals surface area contributed by atoms with Crippen molar-refractivity contribution < 1.29 is 22.5 Å². The molecule has 0 aliphatic rings. The number of hydrogen-bond acceptors (Lipinski definition) is 3. The molecule has 0 aromatic heterocycles. The summed E-state index contributed by atoms with van der Waals surface area (Å²) < 4.78 is 42.7. The third kappa shape index (κ3) is 3.35. The van der Waals surface area contributed by atoms with E-state index in [4.69, 9.17) is 0 Å². The van der Waals surface area contributed by atoms with Crippen molar-refractivity contribution in [1.82, 2.24) is 0 Å². The van der Waals surface area contributed by atoms with Gasteiger partial charge in [-0.2, -0.15) is 0 Å². The first-order valence-electron chi connectivity index (χ1n) is 5.20. The van der Waals surface area contributed by atoms with Gasteiger partial charge in [-0.15, -0.1) is 0 Å². The van der Waals surface area contributed by atoms with Crippen LogP contribution in [0.15, 0.2) is 23.1 Å². The average Bonchev–Trinajstić information content (AvgIpc) is 2.26. The second kappa shape index (κ2) is 5.56. The van der Waals surface area contributed by atoms with Gasteiger partial charge in [-0.3, -0.25) is 9.00 Å². The SMILES string of the molecule is COC(=O)C(C)(C)CS(=O)c1ccc(F)cc1F. The molecule has 1 unspecified atom stereocenters. The normalized spacial score (nSPS) is 13.2.